The van der Waals surface area contributed by atoms with Crippen LogP contribution in [-0.4, -0.2) is 16.0 Å². The number of carbonyl (C=O) groups is 1. The number of carbonyl (C=O) groups excluding carboxylic acids is 1. The third kappa shape index (κ3) is 3.44. The van der Waals surface area contributed by atoms with E-state index in [4.69, 9.17) is 9.78 Å². The van der Waals surface area contributed by atoms with Crippen LogP contribution in [0.1, 0.15) is 45.4 Å². The molecule has 124 valence electrons. The third-order valence-corrected chi connectivity index (χ3v) is 5.01. The third-order valence-electron chi connectivity index (χ3n) is 3.93. The number of thiophene rings is 1. The van der Waals surface area contributed by atoms with Crippen LogP contribution in [-0.2, 0) is 6.54 Å². The van der Waals surface area contributed by atoms with Crippen molar-refractivity contribution >= 4 is 17.2 Å². The van der Waals surface area contributed by atoms with Crippen molar-refractivity contribution in [3.8, 4) is 16.8 Å². The Balaban J connectivity index is 1.40. The summed E-state index contributed by atoms with van der Waals surface area (Å²) in [4.78, 5) is 18.5. The molecule has 1 amide bonds. The maximum absolute atomic E-state index is 12.2. The first-order valence-electron chi connectivity index (χ1n) is 7.94. The quantitative estimate of drug-likeness (QED) is 0.760. The van der Waals surface area contributed by atoms with Gasteiger partial charge in [-0.05, 0) is 43.2 Å². The van der Waals surface area contributed by atoms with Crippen molar-refractivity contribution in [3.05, 3.63) is 58.2 Å². The number of benzene rings is 1. The summed E-state index contributed by atoms with van der Waals surface area (Å²) in [5.74, 6) is 1.57. The van der Waals surface area contributed by atoms with E-state index in [1.165, 1.54) is 11.3 Å². The molecule has 1 aliphatic carbocycles. The fraction of sp³-hybridized carbons (Fsp3) is 0.222. The number of nitrogens with zero attached hydrogens (tertiary/aromatic N) is 3. The summed E-state index contributed by atoms with van der Waals surface area (Å²) in [5.41, 5.74) is 0.940. The maximum atomic E-state index is 12.2. The molecule has 0 aliphatic heterocycles. The minimum Gasteiger partial charge on any atom is -0.347 e. The zero-order chi connectivity index (χ0) is 17.2. The Kier molecular flexibility index (Phi) is 4.04. The van der Waals surface area contributed by atoms with Gasteiger partial charge >= 0.3 is 0 Å². The van der Waals surface area contributed by atoms with Gasteiger partial charge in [-0.15, -0.1) is 11.3 Å². The van der Waals surface area contributed by atoms with Crippen molar-refractivity contribution < 1.29 is 9.32 Å². The van der Waals surface area contributed by atoms with Gasteiger partial charge in [0.15, 0.2) is 5.82 Å². The number of rotatable bonds is 5. The monoisotopic (exact) mass is 350 g/mol. The van der Waals surface area contributed by atoms with E-state index in [0.717, 1.165) is 28.4 Å². The van der Waals surface area contributed by atoms with Gasteiger partial charge in [-0.1, -0.05) is 11.2 Å². The predicted octanol–water partition coefficient (Wildman–Crippen LogP) is 3.48. The summed E-state index contributed by atoms with van der Waals surface area (Å²) in [6, 6.07) is 12.5. The standard InChI is InChI=1S/C18H14N4O2S/c19-9-11-2-1-3-13(8-11)17(23)20-10-14-6-7-15(25-14)18-21-16(22-24-18)12-4-5-12/h1-3,6-8,12H,4-5,10H2,(H,20,23). The van der Waals surface area contributed by atoms with Crippen molar-refractivity contribution in [2.24, 2.45) is 0 Å². The highest BCUT2D eigenvalue weighted by atomic mass is 32.1. The molecule has 1 saturated carbocycles. The molecule has 0 atom stereocenters. The highest BCUT2D eigenvalue weighted by molar-refractivity contribution is 7.15. The minimum absolute atomic E-state index is 0.208. The first-order chi connectivity index (χ1) is 12.2. The second-order valence-electron chi connectivity index (χ2n) is 5.87. The van der Waals surface area contributed by atoms with E-state index in [-0.39, 0.29) is 5.91 Å². The molecule has 3 aromatic rings. The normalized spacial score (nSPS) is 13.4. The van der Waals surface area contributed by atoms with Gasteiger partial charge in [0.1, 0.15) is 0 Å². The number of hydrogen-bond acceptors (Lipinski definition) is 6. The van der Waals surface area contributed by atoms with Crippen LogP contribution < -0.4 is 5.32 Å². The number of hydrogen-bond donors (Lipinski definition) is 1. The van der Waals surface area contributed by atoms with Crippen molar-refractivity contribution in [3.63, 3.8) is 0 Å². The topological polar surface area (TPSA) is 91.8 Å². The molecule has 2 aromatic heterocycles. The van der Waals surface area contributed by atoms with E-state index >= 15 is 0 Å². The lowest BCUT2D eigenvalue weighted by Crippen LogP contribution is -2.22. The number of nitriles is 1. The number of amides is 1. The molecule has 7 heteroatoms. The van der Waals surface area contributed by atoms with Gasteiger partial charge in [-0.3, -0.25) is 4.79 Å². The van der Waals surface area contributed by atoms with Crippen LogP contribution in [0.25, 0.3) is 10.8 Å². The molecule has 2 heterocycles. The summed E-state index contributed by atoms with van der Waals surface area (Å²) in [7, 11) is 0. The Morgan fingerprint density at radius 1 is 1.36 bits per heavy atom. The molecule has 0 radical (unpaired) electrons. The Morgan fingerprint density at radius 2 is 2.24 bits per heavy atom. The molecule has 0 bridgehead atoms. The second kappa shape index (κ2) is 6.49. The van der Waals surface area contributed by atoms with E-state index in [1.54, 1.807) is 24.3 Å². The van der Waals surface area contributed by atoms with Gasteiger partial charge in [0.2, 0.25) is 0 Å². The smallest absolute Gasteiger partial charge is 0.268 e. The van der Waals surface area contributed by atoms with E-state index in [2.05, 4.69) is 15.5 Å². The van der Waals surface area contributed by atoms with Crippen molar-refractivity contribution in [2.75, 3.05) is 0 Å². The molecular weight excluding hydrogens is 336 g/mol. The average molecular weight is 350 g/mol. The van der Waals surface area contributed by atoms with Crippen LogP contribution in [0.15, 0.2) is 40.9 Å². The highest BCUT2D eigenvalue weighted by Crippen LogP contribution is 2.39. The lowest BCUT2D eigenvalue weighted by atomic mass is 10.1. The average Bonchev–Trinajstić information content (AvgIpc) is 3.19. The van der Waals surface area contributed by atoms with Gasteiger partial charge in [0, 0.05) is 16.4 Å². The summed E-state index contributed by atoms with van der Waals surface area (Å²) < 4.78 is 5.32. The van der Waals surface area contributed by atoms with Crippen LogP contribution in [0.4, 0.5) is 0 Å². The van der Waals surface area contributed by atoms with Crippen LogP contribution >= 0.6 is 11.3 Å². The first kappa shape index (κ1) is 15.5. The van der Waals surface area contributed by atoms with E-state index in [0.29, 0.717) is 29.5 Å². The van der Waals surface area contributed by atoms with Crippen LogP contribution in [0.2, 0.25) is 0 Å². The van der Waals surface area contributed by atoms with Crippen LogP contribution in [0.3, 0.4) is 0 Å². The number of aromatic nitrogens is 2. The van der Waals surface area contributed by atoms with Gasteiger partial charge < -0.3 is 9.84 Å². The van der Waals surface area contributed by atoms with Crippen molar-refractivity contribution in [2.45, 2.75) is 25.3 Å². The largest absolute Gasteiger partial charge is 0.347 e. The van der Waals surface area contributed by atoms with Crippen LogP contribution in [0, 0.1) is 11.3 Å². The first-order valence-corrected chi connectivity index (χ1v) is 8.75. The molecule has 1 fully saturated rings. The van der Waals surface area contributed by atoms with Crippen molar-refractivity contribution in [1.29, 1.82) is 5.26 Å². The SMILES string of the molecule is N#Cc1cccc(C(=O)NCc2ccc(-c3nc(C4CC4)no3)s2)c1. The molecule has 4 rings (SSSR count). The number of nitrogens with one attached hydrogen (secondary N) is 1. The zero-order valence-electron chi connectivity index (χ0n) is 13.2. The second-order valence-corrected chi connectivity index (χ2v) is 7.04. The Hall–Kier alpha value is -2.98. The van der Waals surface area contributed by atoms with Crippen molar-refractivity contribution in [1.82, 2.24) is 15.5 Å². The summed E-state index contributed by atoms with van der Waals surface area (Å²) in [6.07, 6.45) is 2.27. The summed E-state index contributed by atoms with van der Waals surface area (Å²) >= 11 is 1.51. The van der Waals surface area contributed by atoms with Gasteiger partial charge in [0.25, 0.3) is 11.8 Å². The van der Waals surface area contributed by atoms with E-state index < -0.39 is 0 Å². The van der Waals surface area contributed by atoms with Crippen LogP contribution in [0.5, 0.6) is 0 Å². The van der Waals surface area contributed by atoms with Gasteiger partial charge in [0.05, 0.1) is 23.1 Å². The Labute approximate surface area is 148 Å². The molecule has 6 nitrogen and oxygen atoms in total. The molecule has 1 aliphatic rings. The fourth-order valence-corrected chi connectivity index (χ4v) is 3.30. The highest BCUT2D eigenvalue weighted by Gasteiger charge is 2.29. The Bertz CT molecular complexity index is 965. The molecule has 0 spiro atoms. The molecule has 0 unspecified atom stereocenters. The van der Waals surface area contributed by atoms with E-state index in [9.17, 15) is 4.79 Å². The van der Waals surface area contributed by atoms with Gasteiger partial charge in [-0.25, -0.2) is 0 Å². The maximum Gasteiger partial charge on any atom is 0.268 e. The zero-order valence-corrected chi connectivity index (χ0v) is 14.0. The van der Waals surface area contributed by atoms with Gasteiger partial charge in [-0.2, -0.15) is 10.2 Å². The molecule has 0 saturated heterocycles. The lowest BCUT2D eigenvalue weighted by molar-refractivity contribution is 0.0951. The molecular formula is C18H14N4O2S. The lowest BCUT2D eigenvalue weighted by Gasteiger charge is -2.03. The minimum atomic E-state index is -0.208. The predicted molar refractivity (Wildman–Crippen MR) is 91.9 cm³/mol. The summed E-state index contributed by atoms with van der Waals surface area (Å²) in [6.45, 7) is 0.407. The molecule has 1 aromatic carbocycles. The van der Waals surface area contributed by atoms with E-state index in [1.807, 2.05) is 18.2 Å². The summed E-state index contributed by atoms with van der Waals surface area (Å²) in [5, 5.41) is 15.8. The Morgan fingerprint density at radius 3 is 3.04 bits per heavy atom. The molecule has 25 heavy (non-hydrogen) atoms. The fourth-order valence-electron chi connectivity index (χ4n) is 2.43. The molecule has 1 N–H and O–H groups in total.